The Labute approximate surface area is 107 Å². The van der Waals surface area contributed by atoms with Gasteiger partial charge in [-0.25, -0.2) is 0 Å². The van der Waals surface area contributed by atoms with Crippen LogP contribution >= 0.6 is 0 Å². The van der Waals surface area contributed by atoms with Crippen molar-refractivity contribution >= 4 is 0 Å². The summed E-state index contributed by atoms with van der Waals surface area (Å²) in [7, 11) is 0. The van der Waals surface area contributed by atoms with Crippen LogP contribution in [0.3, 0.4) is 0 Å². The Balaban J connectivity index is 2.40. The topological polar surface area (TPSA) is 0 Å². The molecule has 0 heterocycles. The maximum Gasteiger partial charge on any atom is -0.00570 e. The van der Waals surface area contributed by atoms with Gasteiger partial charge in [-0.1, -0.05) is 37.1 Å². The van der Waals surface area contributed by atoms with Gasteiger partial charge in [0, 0.05) is 0 Å². The van der Waals surface area contributed by atoms with Gasteiger partial charge in [0.1, 0.15) is 0 Å². The molecule has 0 aromatic rings. The minimum absolute atomic E-state index is 0.414. The van der Waals surface area contributed by atoms with Crippen LogP contribution in [0.2, 0.25) is 0 Å². The Morgan fingerprint density at radius 3 is 2.47 bits per heavy atom. The van der Waals surface area contributed by atoms with Gasteiger partial charge in [0.2, 0.25) is 0 Å². The first-order valence-electron chi connectivity index (χ1n) is 7.12. The summed E-state index contributed by atoms with van der Waals surface area (Å²) in [6, 6.07) is 0. The highest BCUT2D eigenvalue weighted by Crippen LogP contribution is 2.62. The van der Waals surface area contributed by atoms with Gasteiger partial charge in [-0.2, -0.15) is 0 Å². The molecule has 2 rings (SSSR count). The average molecular weight is 232 g/mol. The number of rotatable bonds is 1. The molecule has 0 bridgehead atoms. The molecular formula is C17H28. The molecule has 3 unspecified atom stereocenters. The van der Waals surface area contributed by atoms with Crippen LogP contribution in [-0.2, 0) is 0 Å². The van der Waals surface area contributed by atoms with Gasteiger partial charge in [0.25, 0.3) is 0 Å². The molecule has 0 amide bonds. The van der Waals surface area contributed by atoms with Crippen molar-refractivity contribution in [3.05, 3.63) is 23.3 Å². The van der Waals surface area contributed by atoms with E-state index in [1.165, 1.54) is 37.7 Å². The highest BCUT2D eigenvalue weighted by Gasteiger charge is 2.51. The Bertz CT molecular complexity index is 373. The standard InChI is InChI=1S/C17H28/c1-12(2)15-8-10-16(5)9-7-13(3)14(4)17(16,6)11-15/h15H,1,7-11H2,2-6H3. The van der Waals surface area contributed by atoms with Gasteiger partial charge in [-0.15, -0.1) is 0 Å². The van der Waals surface area contributed by atoms with Crippen LogP contribution in [0.25, 0.3) is 0 Å². The van der Waals surface area contributed by atoms with Gasteiger partial charge < -0.3 is 0 Å². The molecule has 17 heavy (non-hydrogen) atoms. The second kappa shape index (κ2) is 4.00. The molecule has 0 spiro atoms. The Morgan fingerprint density at radius 2 is 1.88 bits per heavy atom. The lowest BCUT2D eigenvalue weighted by Gasteiger charge is -2.56. The summed E-state index contributed by atoms with van der Waals surface area (Å²) in [5, 5.41) is 0. The zero-order valence-corrected chi connectivity index (χ0v) is 12.3. The zero-order chi connectivity index (χ0) is 12.8. The summed E-state index contributed by atoms with van der Waals surface area (Å²) >= 11 is 0. The van der Waals surface area contributed by atoms with Crippen LogP contribution in [0.15, 0.2) is 23.3 Å². The Hall–Kier alpha value is -0.520. The molecule has 2 aliphatic carbocycles. The average Bonchev–Trinajstić information content (AvgIpc) is 2.27. The normalized spacial score (nSPS) is 42.3. The molecule has 0 radical (unpaired) electrons. The molecule has 0 nitrogen and oxygen atoms in total. The van der Waals surface area contributed by atoms with Crippen molar-refractivity contribution in [1.29, 1.82) is 0 Å². The quantitative estimate of drug-likeness (QED) is 0.523. The van der Waals surface area contributed by atoms with Crippen LogP contribution < -0.4 is 0 Å². The third kappa shape index (κ3) is 1.80. The minimum Gasteiger partial charge on any atom is -0.0999 e. The van der Waals surface area contributed by atoms with E-state index in [9.17, 15) is 0 Å². The fraction of sp³-hybridized carbons (Fsp3) is 0.765. The van der Waals surface area contributed by atoms with Gasteiger partial charge in [-0.05, 0) is 69.6 Å². The lowest BCUT2D eigenvalue weighted by Crippen LogP contribution is -2.46. The third-order valence-electron chi connectivity index (χ3n) is 6.25. The fourth-order valence-electron chi connectivity index (χ4n) is 4.16. The van der Waals surface area contributed by atoms with Gasteiger partial charge in [0.15, 0.2) is 0 Å². The molecule has 96 valence electrons. The van der Waals surface area contributed by atoms with E-state index in [0.717, 1.165) is 5.92 Å². The summed E-state index contributed by atoms with van der Waals surface area (Å²) in [6.45, 7) is 16.2. The second-order valence-corrected chi connectivity index (χ2v) is 7.08. The van der Waals surface area contributed by atoms with Gasteiger partial charge in [-0.3, -0.25) is 0 Å². The molecule has 2 aliphatic rings. The van der Waals surface area contributed by atoms with Crippen molar-refractivity contribution in [2.45, 2.75) is 66.7 Å². The predicted octanol–water partition coefficient (Wildman–Crippen LogP) is 5.51. The van der Waals surface area contributed by atoms with E-state index < -0.39 is 0 Å². The van der Waals surface area contributed by atoms with Crippen molar-refractivity contribution in [2.75, 3.05) is 0 Å². The number of allylic oxidation sites excluding steroid dienone is 3. The lowest BCUT2D eigenvalue weighted by atomic mass is 9.48. The van der Waals surface area contributed by atoms with Crippen molar-refractivity contribution in [3.8, 4) is 0 Å². The molecule has 0 aromatic heterocycles. The molecule has 3 atom stereocenters. The van der Waals surface area contributed by atoms with E-state index in [4.69, 9.17) is 0 Å². The van der Waals surface area contributed by atoms with E-state index in [0.29, 0.717) is 10.8 Å². The lowest BCUT2D eigenvalue weighted by molar-refractivity contribution is 0.0109. The minimum atomic E-state index is 0.414. The fourth-order valence-corrected chi connectivity index (χ4v) is 4.16. The van der Waals surface area contributed by atoms with Crippen LogP contribution in [0.4, 0.5) is 0 Å². The van der Waals surface area contributed by atoms with Crippen LogP contribution in [0.5, 0.6) is 0 Å². The van der Waals surface area contributed by atoms with Crippen molar-refractivity contribution < 1.29 is 0 Å². The molecule has 0 aromatic carbocycles. The number of fused-ring (bicyclic) bond motifs is 1. The summed E-state index contributed by atoms with van der Waals surface area (Å²) in [5.74, 6) is 0.744. The monoisotopic (exact) mass is 232 g/mol. The van der Waals surface area contributed by atoms with E-state index in [-0.39, 0.29) is 0 Å². The molecular weight excluding hydrogens is 204 g/mol. The molecule has 0 saturated heterocycles. The van der Waals surface area contributed by atoms with Crippen molar-refractivity contribution in [3.63, 3.8) is 0 Å². The largest absolute Gasteiger partial charge is 0.0999 e. The van der Waals surface area contributed by atoms with Gasteiger partial charge in [0.05, 0.1) is 0 Å². The van der Waals surface area contributed by atoms with Crippen LogP contribution in [0.1, 0.15) is 66.7 Å². The van der Waals surface area contributed by atoms with E-state index in [2.05, 4.69) is 41.2 Å². The second-order valence-electron chi connectivity index (χ2n) is 7.08. The van der Waals surface area contributed by atoms with E-state index in [1.807, 2.05) is 0 Å². The maximum absolute atomic E-state index is 4.20. The maximum atomic E-state index is 4.20. The Kier molecular flexibility index (Phi) is 3.04. The van der Waals surface area contributed by atoms with Crippen molar-refractivity contribution in [2.24, 2.45) is 16.7 Å². The van der Waals surface area contributed by atoms with Crippen LogP contribution in [-0.4, -0.2) is 0 Å². The zero-order valence-electron chi connectivity index (χ0n) is 12.3. The summed E-state index contributed by atoms with van der Waals surface area (Å²) in [5.41, 5.74) is 5.66. The highest BCUT2D eigenvalue weighted by atomic mass is 14.6. The first kappa shape index (κ1) is 12.9. The SMILES string of the molecule is C=C(C)C1CCC2(C)CCC(C)=C(C)C2(C)C1. The predicted molar refractivity (Wildman–Crippen MR) is 76.0 cm³/mol. The highest BCUT2D eigenvalue weighted by molar-refractivity contribution is 5.28. The smallest absolute Gasteiger partial charge is 0.00570 e. The number of hydrogen-bond donors (Lipinski definition) is 0. The first-order valence-corrected chi connectivity index (χ1v) is 7.12. The molecule has 0 N–H and O–H groups in total. The summed E-state index contributed by atoms with van der Waals surface area (Å²) in [4.78, 5) is 0. The molecule has 1 fully saturated rings. The molecule has 1 saturated carbocycles. The van der Waals surface area contributed by atoms with E-state index in [1.54, 1.807) is 11.1 Å². The van der Waals surface area contributed by atoms with Crippen molar-refractivity contribution in [1.82, 2.24) is 0 Å². The number of hydrogen-bond acceptors (Lipinski definition) is 0. The Morgan fingerprint density at radius 1 is 1.24 bits per heavy atom. The summed E-state index contributed by atoms with van der Waals surface area (Å²) < 4.78 is 0. The molecule has 0 aliphatic heterocycles. The first-order chi connectivity index (χ1) is 7.80. The molecule has 0 heteroatoms. The van der Waals surface area contributed by atoms with Crippen LogP contribution in [0, 0.1) is 16.7 Å². The van der Waals surface area contributed by atoms with E-state index >= 15 is 0 Å². The van der Waals surface area contributed by atoms with Gasteiger partial charge >= 0.3 is 0 Å². The third-order valence-corrected chi connectivity index (χ3v) is 6.25. The summed E-state index contributed by atoms with van der Waals surface area (Å²) in [6.07, 6.45) is 6.76.